The summed E-state index contributed by atoms with van der Waals surface area (Å²) in [5.74, 6) is -2.43. The standard InChI is InChI=1S/C25H24O7/c1-29-20-12-8-17(9-13-20)16-31-21-14-10-18(11-15-21)22(23(26)27)24(28)32-25(30-2)19-6-4-3-5-7-19/h3-15,22,25H,16H2,1-2H3,(H,26,27). The Hall–Kier alpha value is -3.84. The van der Waals surface area contributed by atoms with Gasteiger partial charge in [0.1, 0.15) is 18.1 Å². The molecule has 0 bridgehead atoms. The Labute approximate surface area is 186 Å². The second-order valence-corrected chi connectivity index (χ2v) is 6.89. The van der Waals surface area contributed by atoms with Gasteiger partial charge in [0, 0.05) is 12.7 Å². The summed E-state index contributed by atoms with van der Waals surface area (Å²) in [7, 11) is 2.99. The van der Waals surface area contributed by atoms with Gasteiger partial charge in [-0.2, -0.15) is 0 Å². The molecule has 32 heavy (non-hydrogen) atoms. The maximum absolute atomic E-state index is 12.7. The third-order valence-electron chi connectivity index (χ3n) is 4.77. The van der Waals surface area contributed by atoms with E-state index >= 15 is 0 Å². The van der Waals surface area contributed by atoms with Crippen molar-refractivity contribution in [3.05, 3.63) is 95.6 Å². The molecule has 0 amide bonds. The number of methoxy groups -OCH3 is 2. The largest absolute Gasteiger partial charge is 0.497 e. The number of ether oxygens (including phenoxy) is 4. The molecule has 3 aromatic carbocycles. The number of carbonyl (C=O) groups excluding carboxylic acids is 1. The highest BCUT2D eigenvalue weighted by Crippen LogP contribution is 2.26. The molecule has 7 nitrogen and oxygen atoms in total. The van der Waals surface area contributed by atoms with Gasteiger partial charge < -0.3 is 24.1 Å². The third-order valence-corrected chi connectivity index (χ3v) is 4.77. The molecule has 7 heteroatoms. The first-order valence-corrected chi connectivity index (χ1v) is 9.88. The number of carbonyl (C=O) groups is 2. The van der Waals surface area contributed by atoms with E-state index in [1.807, 2.05) is 30.3 Å². The Balaban J connectivity index is 1.66. The van der Waals surface area contributed by atoms with Crippen LogP contribution in [0.25, 0.3) is 0 Å². The minimum atomic E-state index is -1.49. The van der Waals surface area contributed by atoms with E-state index < -0.39 is 24.1 Å². The van der Waals surface area contributed by atoms with E-state index in [4.69, 9.17) is 18.9 Å². The van der Waals surface area contributed by atoms with Crippen LogP contribution in [0.1, 0.15) is 28.9 Å². The van der Waals surface area contributed by atoms with Crippen molar-refractivity contribution in [3.8, 4) is 11.5 Å². The van der Waals surface area contributed by atoms with Crippen LogP contribution in [0.4, 0.5) is 0 Å². The molecule has 0 radical (unpaired) electrons. The summed E-state index contributed by atoms with van der Waals surface area (Å²) in [5, 5.41) is 9.63. The van der Waals surface area contributed by atoms with E-state index in [0.29, 0.717) is 17.9 Å². The maximum atomic E-state index is 12.7. The van der Waals surface area contributed by atoms with Crippen LogP contribution in [0.15, 0.2) is 78.9 Å². The Kier molecular flexibility index (Phi) is 7.83. The van der Waals surface area contributed by atoms with E-state index in [1.54, 1.807) is 43.5 Å². The summed E-state index contributed by atoms with van der Waals surface area (Å²) < 4.78 is 21.4. The topological polar surface area (TPSA) is 91.3 Å². The Morgan fingerprint density at radius 3 is 2.00 bits per heavy atom. The van der Waals surface area contributed by atoms with Crippen LogP contribution in [0.2, 0.25) is 0 Å². The molecule has 3 aromatic rings. The SMILES string of the molecule is COc1ccc(COc2ccc(C(C(=O)O)C(=O)OC(OC)c3ccccc3)cc2)cc1. The zero-order valence-electron chi connectivity index (χ0n) is 17.8. The summed E-state index contributed by atoms with van der Waals surface area (Å²) in [6, 6.07) is 22.6. The fourth-order valence-corrected chi connectivity index (χ4v) is 3.06. The van der Waals surface area contributed by atoms with Gasteiger partial charge in [-0.05, 0) is 35.4 Å². The molecular formula is C25H24O7. The highest BCUT2D eigenvalue weighted by atomic mass is 16.7. The first kappa shape index (κ1) is 22.8. The number of benzene rings is 3. The Bertz CT molecular complexity index is 1010. The lowest BCUT2D eigenvalue weighted by atomic mass is 9.99. The average molecular weight is 436 g/mol. The number of esters is 1. The van der Waals surface area contributed by atoms with E-state index in [1.165, 1.54) is 19.2 Å². The lowest BCUT2D eigenvalue weighted by Crippen LogP contribution is -2.26. The molecule has 0 fully saturated rings. The fourth-order valence-electron chi connectivity index (χ4n) is 3.06. The van der Waals surface area contributed by atoms with Crippen molar-refractivity contribution < 1.29 is 33.6 Å². The molecule has 0 saturated carbocycles. The molecule has 0 aliphatic carbocycles. The maximum Gasteiger partial charge on any atom is 0.327 e. The number of carboxylic acid groups (broad SMARTS) is 1. The molecular weight excluding hydrogens is 412 g/mol. The van der Waals surface area contributed by atoms with Gasteiger partial charge in [0.2, 0.25) is 6.29 Å². The second-order valence-electron chi connectivity index (χ2n) is 6.89. The van der Waals surface area contributed by atoms with Crippen molar-refractivity contribution in [1.29, 1.82) is 0 Å². The molecule has 1 N–H and O–H groups in total. The highest BCUT2D eigenvalue weighted by Gasteiger charge is 2.32. The molecule has 3 rings (SSSR count). The van der Waals surface area contributed by atoms with Gasteiger partial charge in [-0.25, -0.2) is 0 Å². The lowest BCUT2D eigenvalue weighted by molar-refractivity contribution is -0.179. The van der Waals surface area contributed by atoms with Crippen LogP contribution < -0.4 is 9.47 Å². The molecule has 0 spiro atoms. The number of aliphatic carboxylic acids is 1. The molecule has 2 atom stereocenters. The van der Waals surface area contributed by atoms with Crippen LogP contribution in [-0.2, 0) is 25.7 Å². The predicted molar refractivity (Wildman–Crippen MR) is 116 cm³/mol. The zero-order chi connectivity index (χ0) is 22.9. The lowest BCUT2D eigenvalue weighted by Gasteiger charge is -2.19. The molecule has 0 aliphatic rings. The summed E-state index contributed by atoms with van der Waals surface area (Å²) in [6.45, 7) is 0.334. The van der Waals surface area contributed by atoms with Crippen molar-refractivity contribution in [2.45, 2.75) is 18.8 Å². The highest BCUT2D eigenvalue weighted by molar-refractivity contribution is 6.00. The minimum absolute atomic E-state index is 0.280. The molecule has 0 saturated heterocycles. The van der Waals surface area contributed by atoms with E-state index in [2.05, 4.69) is 0 Å². The van der Waals surface area contributed by atoms with Crippen LogP contribution in [0, 0.1) is 0 Å². The number of rotatable bonds is 10. The van der Waals surface area contributed by atoms with Crippen molar-refractivity contribution in [1.82, 2.24) is 0 Å². The number of carboxylic acids is 1. The van der Waals surface area contributed by atoms with Crippen LogP contribution in [-0.4, -0.2) is 31.3 Å². The molecule has 2 unspecified atom stereocenters. The van der Waals surface area contributed by atoms with Crippen LogP contribution in [0.3, 0.4) is 0 Å². The molecule has 0 aromatic heterocycles. The van der Waals surface area contributed by atoms with Crippen molar-refractivity contribution >= 4 is 11.9 Å². The second kappa shape index (κ2) is 11.0. The van der Waals surface area contributed by atoms with Crippen molar-refractivity contribution in [2.75, 3.05) is 14.2 Å². The summed E-state index contributed by atoms with van der Waals surface area (Å²) >= 11 is 0. The van der Waals surface area contributed by atoms with E-state index in [9.17, 15) is 14.7 Å². The summed E-state index contributed by atoms with van der Waals surface area (Å²) in [5.41, 5.74) is 1.84. The third kappa shape index (κ3) is 5.86. The van der Waals surface area contributed by atoms with Crippen LogP contribution >= 0.6 is 0 Å². The van der Waals surface area contributed by atoms with Gasteiger partial charge >= 0.3 is 11.9 Å². The number of hydrogen-bond acceptors (Lipinski definition) is 6. The normalized spacial score (nSPS) is 12.4. The van der Waals surface area contributed by atoms with Gasteiger partial charge in [-0.15, -0.1) is 0 Å². The summed E-state index contributed by atoms with van der Waals surface area (Å²) in [6.07, 6.45) is -1.00. The predicted octanol–water partition coefficient (Wildman–Crippen LogP) is 4.33. The van der Waals surface area contributed by atoms with Gasteiger partial charge in [0.25, 0.3) is 0 Å². The smallest absolute Gasteiger partial charge is 0.327 e. The quantitative estimate of drug-likeness (QED) is 0.287. The molecule has 0 heterocycles. The van der Waals surface area contributed by atoms with Gasteiger partial charge in [0.05, 0.1) is 7.11 Å². The fraction of sp³-hybridized carbons (Fsp3) is 0.200. The first-order chi connectivity index (χ1) is 15.5. The van der Waals surface area contributed by atoms with Gasteiger partial charge in [0.15, 0.2) is 5.92 Å². The van der Waals surface area contributed by atoms with Gasteiger partial charge in [-0.3, -0.25) is 9.59 Å². The first-order valence-electron chi connectivity index (χ1n) is 9.88. The Morgan fingerprint density at radius 1 is 0.812 bits per heavy atom. The zero-order valence-corrected chi connectivity index (χ0v) is 17.8. The molecule has 166 valence electrons. The van der Waals surface area contributed by atoms with E-state index in [-0.39, 0.29) is 5.56 Å². The minimum Gasteiger partial charge on any atom is -0.497 e. The Morgan fingerprint density at radius 2 is 1.44 bits per heavy atom. The van der Waals surface area contributed by atoms with Crippen molar-refractivity contribution in [3.63, 3.8) is 0 Å². The van der Waals surface area contributed by atoms with Crippen LogP contribution in [0.5, 0.6) is 11.5 Å². The summed E-state index contributed by atoms with van der Waals surface area (Å²) in [4.78, 5) is 24.5. The number of hydrogen-bond donors (Lipinski definition) is 1. The average Bonchev–Trinajstić information content (AvgIpc) is 2.82. The van der Waals surface area contributed by atoms with Gasteiger partial charge in [-0.1, -0.05) is 54.6 Å². The monoisotopic (exact) mass is 436 g/mol. The molecule has 0 aliphatic heterocycles. The van der Waals surface area contributed by atoms with E-state index in [0.717, 1.165) is 11.3 Å². The van der Waals surface area contributed by atoms with Crippen molar-refractivity contribution in [2.24, 2.45) is 0 Å².